The molecule has 5 heteroatoms. The van der Waals surface area contributed by atoms with Gasteiger partial charge in [-0.25, -0.2) is 0 Å². The van der Waals surface area contributed by atoms with Gasteiger partial charge in [-0.3, -0.25) is 4.98 Å². The third kappa shape index (κ3) is 4.61. The summed E-state index contributed by atoms with van der Waals surface area (Å²) in [5.41, 5.74) is 7.48. The van der Waals surface area contributed by atoms with E-state index in [-0.39, 0.29) is 0 Å². The molecule has 0 aliphatic rings. The third-order valence-electron chi connectivity index (χ3n) is 2.26. The molecule has 0 aliphatic heterocycles. The van der Waals surface area contributed by atoms with E-state index in [2.05, 4.69) is 32.5 Å². The maximum Gasteiger partial charge on any atom is 0.0750 e. The smallest absolute Gasteiger partial charge is 0.0750 e. The van der Waals surface area contributed by atoms with Gasteiger partial charge in [0.05, 0.1) is 22.0 Å². The molecule has 0 aromatic carbocycles. The van der Waals surface area contributed by atoms with Crippen LogP contribution in [0, 0.1) is 0 Å². The highest BCUT2D eigenvalue weighted by Gasteiger charge is 2.03. The number of hydrogen-bond donors (Lipinski definition) is 2. The van der Waals surface area contributed by atoms with E-state index in [1.807, 2.05) is 11.8 Å². The van der Waals surface area contributed by atoms with Crippen molar-refractivity contribution in [1.82, 2.24) is 4.98 Å². The second-order valence-corrected chi connectivity index (χ2v) is 5.41. The molecule has 0 saturated carbocycles. The zero-order chi connectivity index (χ0) is 11.8. The van der Waals surface area contributed by atoms with Gasteiger partial charge in [-0.2, -0.15) is 11.8 Å². The number of rotatable bonds is 7. The lowest BCUT2D eigenvalue weighted by molar-refractivity contribution is 0.749. The summed E-state index contributed by atoms with van der Waals surface area (Å²) in [6, 6.07) is 0. The summed E-state index contributed by atoms with van der Waals surface area (Å²) in [4.78, 5) is 4.00. The van der Waals surface area contributed by atoms with E-state index in [0.717, 1.165) is 16.7 Å². The van der Waals surface area contributed by atoms with Gasteiger partial charge in [0.1, 0.15) is 0 Å². The molecule has 1 heterocycles. The summed E-state index contributed by atoms with van der Waals surface area (Å²) in [5.74, 6) is 1.25. The number of nitrogens with zero attached hydrogens (tertiary/aromatic N) is 1. The minimum Gasteiger partial charge on any atom is -0.396 e. The molecule has 3 nitrogen and oxygen atoms in total. The summed E-state index contributed by atoms with van der Waals surface area (Å²) < 4.78 is 0.927. The van der Waals surface area contributed by atoms with Gasteiger partial charge >= 0.3 is 0 Å². The topological polar surface area (TPSA) is 50.9 Å². The van der Waals surface area contributed by atoms with Gasteiger partial charge in [-0.15, -0.1) is 0 Å². The standard InChI is InChI=1S/C11H18BrN3S/c1-16-6-4-2-3-5-15-11-9(12)7-14-8-10(11)13/h7-8H,2-6,13H2,1H3,(H,14,15). The van der Waals surface area contributed by atoms with Crippen LogP contribution < -0.4 is 11.1 Å². The zero-order valence-electron chi connectivity index (χ0n) is 9.50. The van der Waals surface area contributed by atoms with Crippen molar-refractivity contribution in [3.05, 3.63) is 16.9 Å². The number of nitrogens with two attached hydrogens (primary N) is 1. The van der Waals surface area contributed by atoms with Crippen LogP contribution in [0.25, 0.3) is 0 Å². The molecule has 0 unspecified atom stereocenters. The van der Waals surface area contributed by atoms with E-state index in [0.29, 0.717) is 5.69 Å². The molecule has 0 saturated heterocycles. The lowest BCUT2D eigenvalue weighted by Crippen LogP contribution is -2.05. The molecule has 1 rings (SSSR count). The summed E-state index contributed by atoms with van der Waals surface area (Å²) in [6.45, 7) is 0.960. The van der Waals surface area contributed by atoms with Crippen LogP contribution in [0.4, 0.5) is 11.4 Å². The SMILES string of the molecule is CSCCCCCNc1c(N)cncc1Br. The molecule has 0 atom stereocenters. The van der Waals surface area contributed by atoms with Crippen molar-refractivity contribution in [3.8, 4) is 0 Å². The monoisotopic (exact) mass is 303 g/mol. The lowest BCUT2D eigenvalue weighted by atomic mass is 10.2. The Morgan fingerprint density at radius 2 is 2.19 bits per heavy atom. The molecule has 16 heavy (non-hydrogen) atoms. The van der Waals surface area contributed by atoms with Crippen LogP contribution in [0.5, 0.6) is 0 Å². The highest BCUT2D eigenvalue weighted by Crippen LogP contribution is 2.26. The average Bonchev–Trinajstić information content (AvgIpc) is 2.26. The van der Waals surface area contributed by atoms with Crippen LogP contribution in [-0.2, 0) is 0 Å². The first kappa shape index (κ1) is 13.6. The van der Waals surface area contributed by atoms with E-state index >= 15 is 0 Å². The maximum atomic E-state index is 5.83. The molecular formula is C11H18BrN3S. The molecule has 1 aromatic rings. The van der Waals surface area contributed by atoms with Crippen LogP contribution in [0.3, 0.4) is 0 Å². The van der Waals surface area contributed by atoms with E-state index in [4.69, 9.17) is 5.73 Å². The van der Waals surface area contributed by atoms with Crippen LogP contribution >= 0.6 is 27.7 Å². The Bertz CT molecular complexity index is 300. The highest BCUT2D eigenvalue weighted by atomic mass is 79.9. The van der Waals surface area contributed by atoms with Crippen molar-refractivity contribution in [3.63, 3.8) is 0 Å². The fourth-order valence-corrected chi connectivity index (χ4v) is 2.38. The molecule has 0 spiro atoms. The number of nitrogen functional groups attached to an aromatic ring is 1. The summed E-state index contributed by atoms with van der Waals surface area (Å²) in [7, 11) is 0. The number of nitrogens with one attached hydrogen (secondary N) is 1. The Labute approximate surface area is 110 Å². The molecular weight excluding hydrogens is 286 g/mol. The van der Waals surface area contributed by atoms with Crippen LogP contribution in [-0.4, -0.2) is 23.5 Å². The first-order valence-corrected chi connectivity index (χ1v) is 7.56. The number of thioether (sulfide) groups is 1. The van der Waals surface area contributed by atoms with E-state index in [1.54, 1.807) is 12.4 Å². The molecule has 3 N–H and O–H groups in total. The molecule has 0 aliphatic carbocycles. The van der Waals surface area contributed by atoms with E-state index in [9.17, 15) is 0 Å². The van der Waals surface area contributed by atoms with Gasteiger partial charge in [-0.05, 0) is 40.8 Å². The number of halogens is 1. The zero-order valence-corrected chi connectivity index (χ0v) is 11.9. The first-order chi connectivity index (χ1) is 7.75. The van der Waals surface area contributed by atoms with Gasteiger partial charge in [0.25, 0.3) is 0 Å². The number of aromatic nitrogens is 1. The van der Waals surface area contributed by atoms with Crippen molar-refractivity contribution in [2.75, 3.05) is 29.6 Å². The predicted octanol–water partition coefficient (Wildman–Crippen LogP) is 3.37. The fourth-order valence-electron chi connectivity index (χ4n) is 1.40. The minimum atomic E-state index is 0.693. The van der Waals surface area contributed by atoms with Gasteiger partial charge in [0, 0.05) is 12.7 Å². The molecule has 0 radical (unpaired) electrons. The fraction of sp³-hybridized carbons (Fsp3) is 0.545. The Morgan fingerprint density at radius 1 is 1.38 bits per heavy atom. The van der Waals surface area contributed by atoms with Gasteiger partial charge in [0.2, 0.25) is 0 Å². The predicted molar refractivity (Wildman–Crippen MR) is 77.1 cm³/mol. The number of anilines is 2. The molecule has 1 aromatic heterocycles. The second kappa shape index (κ2) is 7.79. The van der Waals surface area contributed by atoms with Crippen LogP contribution in [0.15, 0.2) is 16.9 Å². The summed E-state index contributed by atoms with van der Waals surface area (Å²) in [5, 5.41) is 3.34. The average molecular weight is 304 g/mol. The Morgan fingerprint density at radius 3 is 2.88 bits per heavy atom. The van der Waals surface area contributed by atoms with Gasteiger partial charge < -0.3 is 11.1 Å². The normalized spacial score (nSPS) is 10.4. The molecule has 0 amide bonds. The lowest BCUT2D eigenvalue weighted by Gasteiger charge is -2.10. The van der Waals surface area contributed by atoms with Crippen molar-refractivity contribution in [2.45, 2.75) is 19.3 Å². The number of hydrogen-bond acceptors (Lipinski definition) is 4. The molecule has 90 valence electrons. The second-order valence-electron chi connectivity index (χ2n) is 3.57. The van der Waals surface area contributed by atoms with Crippen LogP contribution in [0.2, 0.25) is 0 Å². The van der Waals surface area contributed by atoms with Crippen molar-refractivity contribution in [2.24, 2.45) is 0 Å². The van der Waals surface area contributed by atoms with Crippen molar-refractivity contribution < 1.29 is 0 Å². The Hall–Kier alpha value is -0.420. The van der Waals surface area contributed by atoms with Gasteiger partial charge in [0.15, 0.2) is 0 Å². The summed E-state index contributed by atoms with van der Waals surface area (Å²) >= 11 is 5.34. The number of unbranched alkanes of at least 4 members (excludes halogenated alkanes) is 2. The van der Waals surface area contributed by atoms with E-state index in [1.165, 1.54) is 25.0 Å². The highest BCUT2D eigenvalue weighted by molar-refractivity contribution is 9.10. The first-order valence-electron chi connectivity index (χ1n) is 5.37. The van der Waals surface area contributed by atoms with Crippen molar-refractivity contribution >= 4 is 39.1 Å². The Kier molecular flexibility index (Phi) is 6.64. The largest absolute Gasteiger partial charge is 0.396 e. The quantitative estimate of drug-likeness (QED) is 0.758. The molecule has 0 bridgehead atoms. The van der Waals surface area contributed by atoms with Crippen molar-refractivity contribution in [1.29, 1.82) is 0 Å². The minimum absolute atomic E-state index is 0.693. The number of pyridine rings is 1. The van der Waals surface area contributed by atoms with Crippen LogP contribution in [0.1, 0.15) is 19.3 Å². The Balaban J connectivity index is 2.26. The maximum absolute atomic E-state index is 5.83. The van der Waals surface area contributed by atoms with E-state index < -0.39 is 0 Å². The summed E-state index contributed by atoms with van der Waals surface area (Å²) in [6.07, 6.45) is 9.29. The third-order valence-corrected chi connectivity index (χ3v) is 3.55. The molecule has 0 fully saturated rings. The van der Waals surface area contributed by atoms with Gasteiger partial charge in [-0.1, -0.05) is 6.42 Å².